The number of carbonyl (C=O) groups is 1. The average molecular weight is 101 g/mol. The monoisotopic (exact) mass is 101 g/mol. The smallest absolute Gasteiger partial charge is 0.235 e. The minimum absolute atomic E-state index is 0.159. The number of amides is 1. The molecule has 2 N–H and O–H groups in total. The highest BCUT2D eigenvalue weighted by Gasteiger charge is 1.89. The third-order valence-electron chi connectivity index (χ3n) is 0.535. The van der Waals surface area contributed by atoms with Crippen molar-refractivity contribution in [3.8, 4) is 0 Å². The lowest BCUT2D eigenvalue weighted by atomic mass is 10.6. The summed E-state index contributed by atoms with van der Waals surface area (Å²) in [5.41, 5.74) is 6.50. The molecule has 0 spiro atoms. The molecule has 3 heteroatoms. The fraction of sp³-hybridized carbons (Fsp3) is 0.750. The van der Waals surface area contributed by atoms with E-state index in [0.717, 1.165) is 0 Å². The van der Waals surface area contributed by atoms with E-state index in [0.29, 0.717) is 6.54 Å². The van der Waals surface area contributed by atoms with Gasteiger partial charge in [-0.15, -0.1) is 0 Å². The Morgan fingerprint density at radius 3 is 2.57 bits per heavy atom. The summed E-state index contributed by atoms with van der Waals surface area (Å²) in [5, 5.41) is 2.47. The maximum atomic E-state index is 10.1. The van der Waals surface area contributed by atoms with Gasteiger partial charge in [0.2, 0.25) is 5.91 Å². The third kappa shape index (κ3) is 3.26. The first kappa shape index (κ1) is 6.43. The lowest BCUT2D eigenvalue weighted by Gasteiger charge is -1.93. The van der Waals surface area contributed by atoms with Crippen LogP contribution in [0.25, 0.3) is 0 Å². The molecule has 0 atom stereocenters. The lowest BCUT2D eigenvalue weighted by molar-refractivity contribution is -0.119. The zero-order valence-electron chi connectivity index (χ0n) is 4.32. The summed E-state index contributed by atoms with van der Waals surface area (Å²) in [6.07, 6.45) is 0. The Kier molecular flexibility index (Phi) is 3.32. The van der Waals surface area contributed by atoms with E-state index in [4.69, 9.17) is 5.73 Å². The second-order valence-electron chi connectivity index (χ2n) is 1.13. The van der Waals surface area contributed by atoms with E-state index in [9.17, 15) is 4.79 Å². The molecule has 0 aromatic carbocycles. The molecule has 1 radical (unpaired) electrons. The lowest BCUT2D eigenvalue weighted by Crippen LogP contribution is -2.26. The summed E-state index contributed by atoms with van der Waals surface area (Å²) in [7, 11) is 0. The zero-order chi connectivity index (χ0) is 5.70. The largest absolute Gasteiger partial charge is 0.355 e. The highest BCUT2D eigenvalue weighted by molar-refractivity contribution is 5.77. The molecule has 0 saturated carbocycles. The van der Waals surface area contributed by atoms with Gasteiger partial charge in [0.1, 0.15) is 0 Å². The van der Waals surface area contributed by atoms with E-state index in [-0.39, 0.29) is 12.5 Å². The van der Waals surface area contributed by atoms with Crippen LogP contribution >= 0.6 is 0 Å². The van der Waals surface area contributed by atoms with Gasteiger partial charge >= 0.3 is 0 Å². The Labute approximate surface area is 42.9 Å². The van der Waals surface area contributed by atoms with E-state index >= 15 is 0 Å². The van der Waals surface area contributed by atoms with Gasteiger partial charge in [-0.05, 0) is 6.92 Å². The second-order valence-corrected chi connectivity index (χ2v) is 1.13. The van der Waals surface area contributed by atoms with Gasteiger partial charge in [-0.2, -0.15) is 0 Å². The van der Waals surface area contributed by atoms with Gasteiger partial charge in [-0.1, -0.05) is 0 Å². The van der Waals surface area contributed by atoms with Crippen molar-refractivity contribution in [1.82, 2.24) is 11.1 Å². The SMILES string of the molecule is CCNC(=O)C[NH]. The van der Waals surface area contributed by atoms with Crippen LogP contribution in [-0.2, 0) is 4.79 Å². The summed E-state index contributed by atoms with van der Waals surface area (Å²) >= 11 is 0. The predicted molar refractivity (Wildman–Crippen MR) is 26.6 cm³/mol. The Balaban J connectivity index is 3.00. The molecule has 0 saturated heterocycles. The Hall–Kier alpha value is -0.570. The Morgan fingerprint density at radius 1 is 1.86 bits per heavy atom. The fourth-order valence-corrected chi connectivity index (χ4v) is 0.260. The van der Waals surface area contributed by atoms with Gasteiger partial charge in [-0.3, -0.25) is 4.79 Å². The Bertz CT molecular complexity index is 62.7. The molecule has 0 bridgehead atoms. The van der Waals surface area contributed by atoms with Crippen molar-refractivity contribution in [2.45, 2.75) is 6.92 Å². The summed E-state index contributed by atoms with van der Waals surface area (Å²) in [6.45, 7) is 2.29. The quantitative estimate of drug-likeness (QED) is 0.496. The molecule has 0 aromatic rings. The third-order valence-corrected chi connectivity index (χ3v) is 0.535. The Morgan fingerprint density at radius 2 is 2.43 bits per heavy atom. The molecule has 0 fully saturated rings. The molecular weight excluding hydrogens is 92.1 g/mol. The van der Waals surface area contributed by atoms with Crippen molar-refractivity contribution in [2.24, 2.45) is 0 Å². The molecule has 0 aliphatic carbocycles. The van der Waals surface area contributed by atoms with Crippen LogP contribution in [0.5, 0.6) is 0 Å². The fourth-order valence-electron chi connectivity index (χ4n) is 0.260. The number of hydrogen-bond acceptors (Lipinski definition) is 1. The predicted octanol–water partition coefficient (Wildman–Crippen LogP) is -0.595. The van der Waals surface area contributed by atoms with Crippen LogP contribution in [0.2, 0.25) is 0 Å². The normalized spacial score (nSPS) is 8.29. The van der Waals surface area contributed by atoms with E-state index in [1.807, 2.05) is 6.92 Å². The summed E-state index contributed by atoms with van der Waals surface area (Å²) < 4.78 is 0. The standard InChI is InChI=1S/C4H9N2O/c1-2-6-4(7)3-5/h5H,2-3H2,1H3,(H,6,7). The molecule has 0 aliphatic heterocycles. The van der Waals surface area contributed by atoms with Crippen LogP contribution in [0.3, 0.4) is 0 Å². The number of likely N-dealkylation sites (N-methyl/N-ethyl adjacent to an activating group) is 1. The van der Waals surface area contributed by atoms with Crippen molar-refractivity contribution in [1.29, 1.82) is 0 Å². The van der Waals surface area contributed by atoms with Crippen LogP contribution < -0.4 is 11.1 Å². The maximum Gasteiger partial charge on any atom is 0.235 e. The number of nitrogens with one attached hydrogen (secondary N) is 2. The van der Waals surface area contributed by atoms with Crippen molar-refractivity contribution >= 4 is 5.91 Å². The van der Waals surface area contributed by atoms with Gasteiger partial charge < -0.3 is 5.32 Å². The summed E-state index contributed by atoms with van der Waals surface area (Å²) in [6, 6.07) is 0. The number of rotatable bonds is 2. The van der Waals surface area contributed by atoms with Crippen LogP contribution in [-0.4, -0.2) is 19.0 Å². The molecule has 7 heavy (non-hydrogen) atoms. The topological polar surface area (TPSA) is 52.9 Å². The van der Waals surface area contributed by atoms with Crippen molar-refractivity contribution in [3.63, 3.8) is 0 Å². The number of carbonyl (C=O) groups excluding carboxylic acids is 1. The second kappa shape index (κ2) is 3.61. The van der Waals surface area contributed by atoms with Gasteiger partial charge in [0.15, 0.2) is 0 Å². The van der Waals surface area contributed by atoms with E-state index < -0.39 is 0 Å². The van der Waals surface area contributed by atoms with E-state index in [1.54, 1.807) is 0 Å². The van der Waals surface area contributed by atoms with Crippen LogP contribution in [0, 0.1) is 0 Å². The van der Waals surface area contributed by atoms with Gasteiger partial charge in [-0.25, -0.2) is 5.73 Å². The molecule has 0 rings (SSSR count). The minimum Gasteiger partial charge on any atom is -0.355 e. The first-order valence-electron chi connectivity index (χ1n) is 2.22. The van der Waals surface area contributed by atoms with Gasteiger partial charge in [0.05, 0.1) is 6.54 Å². The van der Waals surface area contributed by atoms with E-state index in [2.05, 4.69) is 5.32 Å². The summed E-state index contributed by atoms with van der Waals surface area (Å²) in [4.78, 5) is 10.1. The molecular formula is C4H9N2O. The summed E-state index contributed by atoms with van der Waals surface area (Å²) in [5.74, 6) is -0.206. The molecule has 0 aromatic heterocycles. The minimum atomic E-state index is -0.206. The van der Waals surface area contributed by atoms with Gasteiger partial charge in [0, 0.05) is 6.54 Å². The molecule has 3 nitrogen and oxygen atoms in total. The molecule has 0 heterocycles. The first-order chi connectivity index (χ1) is 3.31. The highest BCUT2D eigenvalue weighted by Crippen LogP contribution is 1.56. The van der Waals surface area contributed by atoms with Crippen LogP contribution in [0.4, 0.5) is 0 Å². The van der Waals surface area contributed by atoms with E-state index in [1.165, 1.54) is 0 Å². The molecule has 0 unspecified atom stereocenters. The van der Waals surface area contributed by atoms with Crippen molar-refractivity contribution < 1.29 is 4.79 Å². The van der Waals surface area contributed by atoms with Crippen molar-refractivity contribution in [3.05, 3.63) is 0 Å². The highest BCUT2D eigenvalue weighted by atomic mass is 16.1. The zero-order valence-corrected chi connectivity index (χ0v) is 4.32. The molecule has 1 amide bonds. The van der Waals surface area contributed by atoms with Gasteiger partial charge in [0.25, 0.3) is 0 Å². The molecule has 0 aliphatic rings. The molecule has 41 valence electrons. The maximum absolute atomic E-state index is 10.1. The van der Waals surface area contributed by atoms with Crippen molar-refractivity contribution in [2.75, 3.05) is 13.1 Å². The van der Waals surface area contributed by atoms with Crippen LogP contribution in [0.15, 0.2) is 0 Å². The number of hydrogen-bond donors (Lipinski definition) is 1. The average Bonchev–Trinajstić information content (AvgIpc) is 1.68. The first-order valence-corrected chi connectivity index (χ1v) is 2.22. The van der Waals surface area contributed by atoms with Crippen LogP contribution in [0.1, 0.15) is 6.92 Å².